The van der Waals surface area contributed by atoms with E-state index in [2.05, 4.69) is 31.3 Å². The first-order valence-corrected chi connectivity index (χ1v) is 22.3. The molecule has 5 atom stereocenters. The van der Waals surface area contributed by atoms with Crippen molar-refractivity contribution in [3.63, 3.8) is 0 Å². The molecular weight excluding hydrogens is 727 g/mol. The minimum absolute atomic E-state index is 0.0204. The number of aliphatic hydroxyl groups excluding tert-OH is 3. The second kappa shape index (κ2) is 35.5. The van der Waals surface area contributed by atoms with E-state index in [0.29, 0.717) is 36.7 Å². The molecule has 5 N–H and O–H groups in total. The number of nitrogens with one attached hydrogen (secondary N) is 1. The van der Waals surface area contributed by atoms with Gasteiger partial charge in [-0.25, -0.2) is 4.57 Å². The molecule has 56 heavy (non-hydrogen) atoms. The SMILES string of the molecule is CC/C=C\C[C@H](O)/C=C/C=C\C=C\[C@H](O)C/C=C\C/C=C\CCC(=O)N[C@@H](COP(=O)(O)OCC[N+](C)(C)C)[C@H](O)/C=C/CCCCCCCC/C=C\CCC. The molecule has 0 aromatic heterocycles. The van der Waals surface area contributed by atoms with Crippen molar-refractivity contribution in [2.45, 2.75) is 141 Å². The van der Waals surface area contributed by atoms with Gasteiger partial charge < -0.3 is 30.0 Å². The molecule has 0 spiro atoms. The number of phosphoric ester groups is 1. The Hall–Kier alpha value is -2.66. The van der Waals surface area contributed by atoms with Gasteiger partial charge in [-0.05, 0) is 64.2 Å². The molecule has 0 aromatic rings. The molecule has 0 aliphatic heterocycles. The lowest BCUT2D eigenvalue weighted by Crippen LogP contribution is -2.45. The van der Waals surface area contributed by atoms with E-state index in [1.807, 2.05) is 69.8 Å². The van der Waals surface area contributed by atoms with Crippen molar-refractivity contribution in [3.8, 4) is 0 Å². The van der Waals surface area contributed by atoms with E-state index >= 15 is 0 Å². The van der Waals surface area contributed by atoms with Gasteiger partial charge in [-0.2, -0.15) is 0 Å². The Morgan fingerprint density at radius 1 is 0.679 bits per heavy atom. The lowest BCUT2D eigenvalue weighted by Gasteiger charge is -2.25. The summed E-state index contributed by atoms with van der Waals surface area (Å²) in [7, 11) is 1.43. The molecule has 0 saturated carbocycles. The molecule has 0 aromatic carbocycles. The normalized spacial score (nSPS) is 16.5. The number of likely N-dealkylation sites (N-methyl/N-ethyl adjacent to an activating group) is 1. The van der Waals surface area contributed by atoms with Gasteiger partial charge >= 0.3 is 7.82 Å². The smallest absolute Gasteiger partial charge is 0.389 e. The topological polar surface area (TPSA) is 146 Å². The molecule has 0 heterocycles. The minimum Gasteiger partial charge on any atom is -0.389 e. The first-order chi connectivity index (χ1) is 26.8. The fraction of sp³-hybridized carbons (Fsp3) is 0.622. The van der Waals surface area contributed by atoms with Gasteiger partial charge in [-0.3, -0.25) is 13.8 Å². The lowest BCUT2D eigenvalue weighted by atomic mass is 10.1. The van der Waals surface area contributed by atoms with Crippen molar-refractivity contribution in [2.24, 2.45) is 0 Å². The number of quaternary nitrogens is 1. The van der Waals surface area contributed by atoms with Crippen molar-refractivity contribution in [3.05, 3.63) is 97.2 Å². The highest BCUT2D eigenvalue weighted by atomic mass is 31.2. The highest BCUT2D eigenvalue weighted by Crippen LogP contribution is 2.43. The predicted octanol–water partition coefficient (Wildman–Crippen LogP) is 9.12. The van der Waals surface area contributed by atoms with E-state index in [4.69, 9.17) is 9.05 Å². The van der Waals surface area contributed by atoms with Crippen LogP contribution < -0.4 is 5.32 Å². The molecular formula is C45H78N2O8P+. The maximum absolute atomic E-state index is 12.8. The Bertz CT molecular complexity index is 1260. The summed E-state index contributed by atoms with van der Waals surface area (Å²) < 4.78 is 23.4. The van der Waals surface area contributed by atoms with Gasteiger partial charge in [-0.1, -0.05) is 143 Å². The van der Waals surface area contributed by atoms with Gasteiger partial charge in [0.15, 0.2) is 0 Å². The number of unbranched alkanes of at least 4 members (excludes halogenated alkanes) is 8. The third-order valence-corrected chi connectivity index (χ3v) is 9.42. The van der Waals surface area contributed by atoms with Crippen LogP contribution in [0.15, 0.2) is 97.2 Å². The largest absolute Gasteiger partial charge is 0.472 e. The molecule has 0 saturated heterocycles. The summed E-state index contributed by atoms with van der Waals surface area (Å²) in [5, 5.41) is 33.7. The first kappa shape index (κ1) is 53.3. The van der Waals surface area contributed by atoms with Crippen LogP contribution in [0.4, 0.5) is 0 Å². The number of rotatable bonds is 35. The number of carbonyl (C=O) groups is 1. The second-order valence-electron chi connectivity index (χ2n) is 15.0. The average Bonchev–Trinajstić information content (AvgIpc) is 3.13. The van der Waals surface area contributed by atoms with Gasteiger partial charge in [-0.15, -0.1) is 0 Å². The Balaban J connectivity index is 4.76. The van der Waals surface area contributed by atoms with Gasteiger partial charge in [0, 0.05) is 6.42 Å². The van der Waals surface area contributed by atoms with Crippen molar-refractivity contribution in [1.29, 1.82) is 0 Å². The van der Waals surface area contributed by atoms with Crippen molar-refractivity contribution >= 4 is 13.7 Å². The molecule has 1 unspecified atom stereocenters. The monoisotopic (exact) mass is 806 g/mol. The Labute approximate surface area is 340 Å². The third kappa shape index (κ3) is 36.9. The fourth-order valence-electron chi connectivity index (χ4n) is 5.06. The van der Waals surface area contributed by atoms with E-state index in [1.165, 1.54) is 32.1 Å². The van der Waals surface area contributed by atoms with Crippen LogP contribution in [-0.2, 0) is 18.4 Å². The first-order valence-electron chi connectivity index (χ1n) is 20.8. The number of amides is 1. The molecule has 0 aliphatic carbocycles. The van der Waals surface area contributed by atoms with Gasteiger partial charge in [0.05, 0.1) is 52.1 Å². The number of aliphatic hydroxyl groups is 3. The Kier molecular flexibility index (Phi) is 33.8. The number of phosphoric acid groups is 1. The van der Waals surface area contributed by atoms with Crippen molar-refractivity contribution in [2.75, 3.05) is 40.9 Å². The van der Waals surface area contributed by atoms with Crippen LogP contribution in [-0.4, -0.2) is 95.9 Å². The van der Waals surface area contributed by atoms with E-state index in [-0.39, 0.29) is 25.5 Å². The Morgan fingerprint density at radius 2 is 1.23 bits per heavy atom. The van der Waals surface area contributed by atoms with Crippen LogP contribution in [0, 0.1) is 0 Å². The maximum atomic E-state index is 12.8. The predicted molar refractivity (Wildman–Crippen MR) is 233 cm³/mol. The quantitative estimate of drug-likeness (QED) is 0.0140. The van der Waals surface area contributed by atoms with Gasteiger partial charge in [0.25, 0.3) is 0 Å². The van der Waals surface area contributed by atoms with Crippen LogP contribution in [0.3, 0.4) is 0 Å². The highest BCUT2D eigenvalue weighted by Gasteiger charge is 2.27. The molecule has 0 fully saturated rings. The fourth-order valence-corrected chi connectivity index (χ4v) is 5.80. The zero-order chi connectivity index (χ0) is 41.8. The van der Waals surface area contributed by atoms with E-state index in [0.717, 1.165) is 38.5 Å². The van der Waals surface area contributed by atoms with E-state index in [1.54, 1.807) is 36.5 Å². The molecule has 0 aliphatic rings. The summed E-state index contributed by atoms with van der Waals surface area (Å²) in [6.07, 6.45) is 42.6. The summed E-state index contributed by atoms with van der Waals surface area (Å²) >= 11 is 0. The summed E-state index contributed by atoms with van der Waals surface area (Å²) in [6, 6.07) is -0.933. The molecule has 1 amide bonds. The standard InChI is InChI=1S/C45H77N2O8P/c1-6-8-10-11-12-13-14-15-16-17-18-22-30-36-44(50)43(40-55-56(52,53)54-39-38-47(3,4)5)46-45(51)37-31-23-20-19-21-27-33-42(49)35-29-25-24-28-34-41(48)32-26-9-7-2/h9-11,20-21,23-30,34-36,41-44,48-50H,6-8,12-19,22,31-33,37-40H2,1-5H3,(H-,46,51,52,53)/p+1/b11-10-,23-20-,25-24-,26-9-,27-21-,34-28+,35-29+,36-30+/t41-,42+,43-,44+/m0/s1. The Morgan fingerprint density at radius 3 is 1.84 bits per heavy atom. The zero-order valence-electron chi connectivity index (χ0n) is 35.3. The molecule has 0 radical (unpaired) electrons. The van der Waals surface area contributed by atoms with Crippen LogP contribution in [0.5, 0.6) is 0 Å². The number of hydrogen-bond donors (Lipinski definition) is 5. The molecule has 320 valence electrons. The third-order valence-electron chi connectivity index (χ3n) is 8.44. The molecule has 0 bridgehead atoms. The minimum atomic E-state index is -4.39. The van der Waals surface area contributed by atoms with Crippen LogP contribution in [0.2, 0.25) is 0 Å². The summed E-state index contributed by atoms with van der Waals surface area (Å²) in [5.74, 6) is -0.314. The number of hydrogen-bond acceptors (Lipinski definition) is 7. The maximum Gasteiger partial charge on any atom is 0.472 e. The van der Waals surface area contributed by atoms with E-state index < -0.39 is 32.2 Å². The summed E-state index contributed by atoms with van der Waals surface area (Å²) in [4.78, 5) is 23.0. The number of nitrogens with zero attached hydrogens (tertiary/aromatic N) is 1. The van der Waals surface area contributed by atoms with Crippen LogP contribution >= 0.6 is 7.82 Å². The molecule has 11 heteroatoms. The second-order valence-corrected chi connectivity index (χ2v) is 16.5. The molecule has 0 rings (SSSR count). The van der Waals surface area contributed by atoms with Gasteiger partial charge in [0.1, 0.15) is 13.2 Å². The van der Waals surface area contributed by atoms with Gasteiger partial charge in [0.2, 0.25) is 5.91 Å². The highest BCUT2D eigenvalue weighted by molar-refractivity contribution is 7.47. The number of allylic oxidation sites excluding steroid dienone is 11. The van der Waals surface area contributed by atoms with Crippen LogP contribution in [0.1, 0.15) is 117 Å². The van der Waals surface area contributed by atoms with Crippen molar-refractivity contribution < 1.29 is 43.1 Å². The molecule has 10 nitrogen and oxygen atoms in total. The summed E-state index contributed by atoms with van der Waals surface area (Å²) in [5.41, 5.74) is 0. The zero-order valence-corrected chi connectivity index (χ0v) is 36.2. The van der Waals surface area contributed by atoms with Crippen molar-refractivity contribution in [1.82, 2.24) is 5.32 Å². The lowest BCUT2D eigenvalue weighted by molar-refractivity contribution is -0.870. The van der Waals surface area contributed by atoms with Crippen LogP contribution in [0.25, 0.3) is 0 Å². The number of carbonyl (C=O) groups excluding carboxylic acids is 1. The van der Waals surface area contributed by atoms with E-state index in [9.17, 15) is 29.6 Å². The summed E-state index contributed by atoms with van der Waals surface area (Å²) in [6.45, 7) is 4.37. The average molecular weight is 806 g/mol.